The van der Waals surface area contributed by atoms with Gasteiger partial charge in [-0.3, -0.25) is 9.36 Å². The van der Waals surface area contributed by atoms with Crippen molar-refractivity contribution in [2.45, 2.75) is 31.5 Å². The summed E-state index contributed by atoms with van der Waals surface area (Å²) in [7, 11) is -3.45. The standard InChI is InChI=1S/C19H17BrN5O6PS/c1-8-11(9-5-3-2-4-6-9)22-19-23-15-12(16(27)24(8)19)21-18(20)25(15)17-13(26)14-10(30-17)7-29-32(28,33)31-14/h2-6,10,13-14,17,26H,7H2,1H3,(H,22,23)(H,28,33)/t10?,13?,14-,17-,32?/m1/s1. The van der Waals surface area contributed by atoms with E-state index < -0.39 is 31.7 Å². The molecule has 3 aromatic heterocycles. The van der Waals surface area contributed by atoms with Crippen molar-refractivity contribution < 1.29 is 23.8 Å². The van der Waals surface area contributed by atoms with Gasteiger partial charge in [0.15, 0.2) is 28.2 Å². The predicted molar refractivity (Wildman–Crippen MR) is 124 cm³/mol. The van der Waals surface area contributed by atoms with Crippen LogP contribution in [0.25, 0.3) is 28.2 Å². The number of halogens is 1. The first-order valence-electron chi connectivity index (χ1n) is 9.98. The number of aryl methyl sites for hydroxylation is 1. The van der Waals surface area contributed by atoms with Crippen LogP contribution in [0.3, 0.4) is 0 Å². The molecular formula is C19H17BrN5O6PS. The summed E-state index contributed by atoms with van der Waals surface area (Å²) in [6.45, 7) is 1.81. The Bertz CT molecular complexity index is 1460. The number of ether oxygens (including phenoxy) is 1. The summed E-state index contributed by atoms with van der Waals surface area (Å²) in [5.74, 6) is 0.327. The maximum atomic E-state index is 13.4. The first kappa shape index (κ1) is 21.7. The normalized spacial score (nSPS) is 29.7. The van der Waals surface area contributed by atoms with Crippen LogP contribution in [-0.4, -0.2) is 58.8 Å². The summed E-state index contributed by atoms with van der Waals surface area (Å²) < 4.78 is 19.7. The molecule has 4 aromatic rings. The number of imidazole rings is 2. The Morgan fingerprint density at radius 3 is 2.82 bits per heavy atom. The largest absolute Gasteiger partial charge is 0.459 e. The molecule has 0 aliphatic carbocycles. The number of hydrogen-bond donors (Lipinski definition) is 3. The molecule has 33 heavy (non-hydrogen) atoms. The quantitative estimate of drug-likeness (QED) is 0.193. The van der Waals surface area contributed by atoms with Crippen LogP contribution in [0.5, 0.6) is 0 Å². The van der Waals surface area contributed by atoms with Crippen LogP contribution in [0.1, 0.15) is 11.9 Å². The molecule has 2 aliphatic rings. The molecule has 2 aliphatic heterocycles. The van der Waals surface area contributed by atoms with Gasteiger partial charge in [-0.2, -0.15) is 14.0 Å². The summed E-state index contributed by atoms with van der Waals surface area (Å²) >= 11 is 8.27. The second-order valence-corrected chi connectivity index (χ2v) is 11.3. The minimum Gasteiger partial charge on any atom is -0.459 e. The van der Waals surface area contributed by atoms with Crippen LogP contribution in [0, 0.1) is 6.92 Å². The van der Waals surface area contributed by atoms with Crippen LogP contribution in [0.4, 0.5) is 0 Å². The molecule has 2 saturated heterocycles. The number of nitrogens with one attached hydrogen (secondary N) is 1. The van der Waals surface area contributed by atoms with E-state index in [-0.39, 0.29) is 28.1 Å². The molecule has 1 aromatic carbocycles. The molecule has 11 nitrogen and oxygen atoms in total. The Kier molecular flexibility index (Phi) is 4.99. The van der Waals surface area contributed by atoms with E-state index in [9.17, 15) is 14.8 Å². The van der Waals surface area contributed by atoms with Gasteiger partial charge in [-0.15, -0.1) is 0 Å². The molecule has 0 spiro atoms. The summed E-state index contributed by atoms with van der Waals surface area (Å²) in [5, 5.41) is 10.9. The van der Waals surface area contributed by atoms with E-state index in [0.717, 1.165) is 11.3 Å². The SMILES string of the molecule is Cc1c(-c2ccccc2)[nH]c2nc3c(nc(Br)n3[C@@H]3OC4CO[P+](O)([S-])O[C@H]4C3O)c(=O)n12. The van der Waals surface area contributed by atoms with Crippen molar-refractivity contribution in [2.24, 2.45) is 0 Å². The number of aliphatic hydroxyl groups excluding tert-OH is 1. The van der Waals surface area contributed by atoms with E-state index in [1.807, 2.05) is 37.3 Å². The Morgan fingerprint density at radius 1 is 1.30 bits per heavy atom. The van der Waals surface area contributed by atoms with Crippen molar-refractivity contribution in [1.29, 1.82) is 0 Å². The average molecular weight is 554 g/mol. The number of benzene rings is 1. The second kappa shape index (κ2) is 7.59. The minimum atomic E-state index is -3.45. The zero-order valence-electron chi connectivity index (χ0n) is 17.0. The predicted octanol–water partition coefficient (Wildman–Crippen LogP) is 2.00. The third-order valence-electron chi connectivity index (χ3n) is 5.89. The molecular weight excluding hydrogens is 537 g/mol. The van der Waals surface area contributed by atoms with Gasteiger partial charge >= 0.3 is 0 Å². The van der Waals surface area contributed by atoms with Gasteiger partial charge in [0, 0.05) is 0 Å². The molecule has 0 amide bonds. The van der Waals surface area contributed by atoms with Crippen molar-refractivity contribution in [3.8, 4) is 11.3 Å². The van der Waals surface area contributed by atoms with Gasteiger partial charge in [0.25, 0.3) is 12.7 Å². The highest BCUT2D eigenvalue weighted by molar-refractivity contribution is 9.10. The zero-order chi connectivity index (χ0) is 23.1. The van der Waals surface area contributed by atoms with Gasteiger partial charge in [-0.1, -0.05) is 30.3 Å². The Morgan fingerprint density at radius 2 is 2.06 bits per heavy atom. The number of H-pyrrole nitrogens is 1. The molecule has 0 bridgehead atoms. The lowest BCUT2D eigenvalue weighted by Crippen LogP contribution is -2.40. The molecule has 14 heteroatoms. The van der Waals surface area contributed by atoms with Crippen LogP contribution in [0.2, 0.25) is 0 Å². The fraction of sp³-hybridized carbons (Fsp3) is 0.316. The average Bonchev–Trinajstić information content (AvgIpc) is 3.40. The number of aliphatic hydroxyl groups is 1. The van der Waals surface area contributed by atoms with Crippen molar-refractivity contribution in [3.63, 3.8) is 0 Å². The van der Waals surface area contributed by atoms with Crippen LogP contribution in [-0.2, 0) is 26.0 Å². The monoisotopic (exact) mass is 553 g/mol. The smallest absolute Gasteiger partial charge is 0.287 e. The first-order valence-corrected chi connectivity index (χ1v) is 13.4. The van der Waals surface area contributed by atoms with E-state index >= 15 is 0 Å². The van der Waals surface area contributed by atoms with Gasteiger partial charge in [0.1, 0.15) is 18.8 Å². The van der Waals surface area contributed by atoms with Gasteiger partial charge in [0.05, 0.1) is 11.4 Å². The third kappa shape index (κ3) is 3.30. The number of fused-ring (bicyclic) bond motifs is 3. The number of nitrogens with zero attached hydrogens (tertiary/aromatic N) is 4. The Labute approximate surface area is 200 Å². The van der Waals surface area contributed by atoms with E-state index in [1.54, 1.807) is 0 Å². The van der Waals surface area contributed by atoms with Crippen molar-refractivity contribution in [1.82, 2.24) is 23.9 Å². The molecule has 0 saturated carbocycles. The number of hydrogen-bond acceptors (Lipinski definition) is 9. The highest BCUT2D eigenvalue weighted by atomic mass is 79.9. The molecule has 3 N–H and O–H groups in total. The fourth-order valence-electron chi connectivity index (χ4n) is 4.37. The van der Waals surface area contributed by atoms with Crippen molar-refractivity contribution in [3.05, 3.63) is 51.1 Å². The zero-order valence-corrected chi connectivity index (χ0v) is 20.2. The molecule has 172 valence electrons. The summed E-state index contributed by atoms with van der Waals surface area (Å²) in [6.07, 6.45) is -3.73. The maximum Gasteiger partial charge on any atom is 0.287 e. The van der Waals surface area contributed by atoms with Crippen LogP contribution < -0.4 is 5.56 Å². The highest BCUT2D eigenvalue weighted by Crippen LogP contribution is 2.60. The Hall–Kier alpha value is -1.83. The van der Waals surface area contributed by atoms with Crippen molar-refractivity contribution >= 4 is 52.3 Å². The molecule has 5 atom stereocenters. The highest BCUT2D eigenvalue weighted by Gasteiger charge is 2.55. The molecule has 5 heterocycles. The van der Waals surface area contributed by atoms with E-state index in [2.05, 4.69) is 30.9 Å². The lowest BCUT2D eigenvalue weighted by molar-refractivity contribution is -0.0606. The molecule has 3 unspecified atom stereocenters. The number of rotatable bonds is 2. The van der Waals surface area contributed by atoms with Gasteiger partial charge in [-0.05, 0) is 28.4 Å². The second-order valence-electron chi connectivity index (χ2n) is 7.84. The maximum absolute atomic E-state index is 13.4. The summed E-state index contributed by atoms with van der Waals surface area (Å²) in [4.78, 5) is 35.6. The van der Waals surface area contributed by atoms with Crippen LogP contribution >= 0.6 is 23.1 Å². The third-order valence-corrected chi connectivity index (χ3v) is 8.01. The van der Waals surface area contributed by atoms with E-state index in [4.69, 9.17) is 26.0 Å². The topological polar surface area (TPSA) is 136 Å². The number of aromatic nitrogens is 5. The first-order chi connectivity index (χ1) is 15.7. The van der Waals surface area contributed by atoms with E-state index in [1.165, 1.54) is 8.97 Å². The lowest BCUT2D eigenvalue weighted by atomic mass is 10.1. The fourth-order valence-corrected chi connectivity index (χ4v) is 6.36. The molecule has 0 radical (unpaired) electrons. The summed E-state index contributed by atoms with van der Waals surface area (Å²) in [5.41, 5.74) is 2.35. The van der Waals surface area contributed by atoms with Gasteiger partial charge < -0.3 is 27.1 Å². The van der Waals surface area contributed by atoms with Gasteiger partial charge in [-0.25, -0.2) is 14.3 Å². The van der Waals surface area contributed by atoms with Gasteiger partial charge in [0.2, 0.25) is 5.78 Å². The van der Waals surface area contributed by atoms with Crippen molar-refractivity contribution in [2.75, 3.05) is 6.61 Å². The van der Waals surface area contributed by atoms with Crippen LogP contribution in [0.15, 0.2) is 39.9 Å². The Balaban J connectivity index is 1.50. The lowest BCUT2D eigenvalue weighted by Gasteiger charge is -2.32. The van der Waals surface area contributed by atoms with E-state index in [0.29, 0.717) is 11.5 Å². The molecule has 6 rings (SSSR count). The minimum absolute atomic E-state index is 0.0210. The molecule has 2 fully saturated rings. The summed E-state index contributed by atoms with van der Waals surface area (Å²) in [6, 6.07) is 9.62. The number of aromatic amines is 1.